The van der Waals surface area contributed by atoms with Crippen LogP contribution in [0.25, 0.3) is 0 Å². The van der Waals surface area contributed by atoms with E-state index >= 15 is 0 Å². The van der Waals surface area contributed by atoms with E-state index in [1.54, 1.807) is 0 Å². The molecule has 0 aromatic carbocycles. The van der Waals surface area contributed by atoms with Crippen LogP contribution in [0.1, 0.15) is 32.1 Å². The first kappa shape index (κ1) is 16.8. The third-order valence-corrected chi connectivity index (χ3v) is 44.8. The van der Waals surface area contributed by atoms with Crippen LogP contribution < -0.4 is 0 Å². The van der Waals surface area contributed by atoms with Crippen molar-refractivity contribution in [2.24, 2.45) is 259 Å². The maximum Gasteiger partial charge on any atom is -0.000350 e. The topological polar surface area (TPSA) is 0 Å². The Labute approximate surface area is 290 Å². The van der Waals surface area contributed by atoms with E-state index in [2.05, 4.69) is 0 Å². The second-order valence-corrected chi connectivity index (χ2v) is 33.2. The zero-order chi connectivity index (χ0) is 28.1. The van der Waals surface area contributed by atoms with Crippen molar-refractivity contribution in [1.82, 2.24) is 0 Å². The standard InChI is InChI=1S/C51H30/c1-6-5-26-25-24-20-13-3-9-15-14-8-2-11-18-22-23-19-12-4-10-17-21-16-7(1)27(6,26)31(16)38(21)34(17)30(10,12)36(19)40(23)39(22)35(18)28(8,11)32(14)33(15)29(9,13)37(20)41(24)42(25)43(26,31)47(38)46(34,36)49(40)48(39)44(32,35)45(33,37)50(41,48)51(42,47)49/h6-25H,1-5H2. The maximum absolute atomic E-state index is 1.92. The first-order valence-electron chi connectivity index (χ1n) is 25.3. The molecule has 46 unspecified atom stereocenters. The molecule has 234 valence electrons. The van der Waals surface area contributed by atoms with E-state index in [0.29, 0.717) is 0 Å². The SMILES string of the molecule is C1C2CC34C5C6C7C8CC9C%10C%11C%12CC%13C%14C%15C%16C%17C%18CC%19C%20C%21C%22C1C23C%221C%212C%203C%19%18C%17%18C%16%17C%15%16C%14%15C%12%13C%11%12C%10%11C98C78C67C56C41C21C3%18C%172C%163C%12%15C%118C73C612. The summed E-state index contributed by atoms with van der Waals surface area (Å²) < 4.78 is 0. The monoisotopic (exact) mass is 642 g/mol. The highest BCUT2D eigenvalue weighted by molar-refractivity contribution is 6.16. The predicted octanol–water partition coefficient (Wildman–Crippen LogP) is 4.41. The van der Waals surface area contributed by atoms with Crippen LogP contribution in [0.3, 0.4) is 0 Å². The van der Waals surface area contributed by atoms with E-state index in [-0.39, 0.29) is 0 Å². The van der Waals surface area contributed by atoms with Crippen molar-refractivity contribution in [2.45, 2.75) is 32.1 Å². The maximum atomic E-state index is 1.92. The second kappa shape index (κ2) is 2.46. The zero-order valence-corrected chi connectivity index (χ0v) is 28.1. The Hall–Kier alpha value is 0. The van der Waals surface area contributed by atoms with Crippen molar-refractivity contribution in [2.75, 3.05) is 0 Å². The van der Waals surface area contributed by atoms with Gasteiger partial charge in [-0.05, 0) is 291 Å². The van der Waals surface area contributed by atoms with Crippen molar-refractivity contribution < 1.29 is 0 Å². The number of hydrogen-bond donors (Lipinski definition) is 0. The van der Waals surface area contributed by atoms with Crippen LogP contribution >= 0.6 is 0 Å². The summed E-state index contributed by atoms with van der Waals surface area (Å²) in [6, 6.07) is 0. The lowest BCUT2D eigenvalue weighted by molar-refractivity contribution is -1.25. The fourth-order valence-corrected chi connectivity index (χ4v) is 57.4. The van der Waals surface area contributed by atoms with Gasteiger partial charge in [-0.15, -0.1) is 0 Å². The fourth-order valence-electron chi connectivity index (χ4n) is 57.4. The molecule has 0 aromatic rings. The molecule has 0 aliphatic heterocycles. The van der Waals surface area contributed by atoms with E-state index in [9.17, 15) is 0 Å². The summed E-state index contributed by atoms with van der Waals surface area (Å²) in [6.45, 7) is 0. The van der Waals surface area contributed by atoms with Gasteiger partial charge in [-0.3, -0.25) is 0 Å². The average molecular weight is 643 g/mol. The van der Waals surface area contributed by atoms with E-state index in [0.717, 1.165) is 141 Å². The number of rotatable bonds is 0. The lowest BCUT2D eigenvalue weighted by Gasteiger charge is -3.69. The summed E-state index contributed by atoms with van der Waals surface area (Å²) in [4.78, 5) is 0. The molecule has 0 radical (unpaired) electrons. The first-order chi connectivity index (χ1) is 25.3. The summed E-state index contributed by atoms with van der Waals surface area (Å²) in [6.07, 6.45) is 9.31. The highest BCUT2D eigenvalue weighted by atomic mass is 15.7. The third-order valence-electron chi connectivity index (χ3n) is 44.8. The van der Waals surface area contributed by atoms with Crippen molar-refractivity contribution >= 4 is 0 Å². The molecule has 46 atom stereocenters. The van der Waals surface area contributed by atoms with Gasteiger partial charge >= 0.3 is 0 Å². The second-order valence-electron chi connectivity index (χ2n) is 33.2. The first-order valence-corrected chi connectivity index (χ1v) is 25.3. The fraction of sp³-hybridized carbons (Fsp3) is 1.00. The van der Waals surface area contributed by atoms with Gasteiger partial charge in [-0.2, -0.15) is 0 Å². The van der Waals surface area contributed by atoms with Gasteiger partial charge in [0.2, 0.25) is 0 Å². The van der Waals surface area contributed by atoms with Gasteiger partial charge in [0.1, 0.15) is 0 Å². The van der Waals surface area contributed by atoms with Gasteiger partial charge in [0, 0.05) is 0 Å². The Balaban J connectivity index is 0.862. The molecule has 37 fully saturated rings. The molecule has 0 nitrogen and oxygen atoms in total. The van der Waals surface area contributed by atoms with Crippen LogP contribution in [0, 0.1) is 259 Å². The summed E-state index contributed by atoms with van der Waals surface area (Å²) in [5.74, 6) is 28.0. The lowest BCUT2D eigenvalue weighted by atomic mass is 8.32. The molecule has 26 spiro atoms. The van der Waals surface area contributed by atoms with Gasteiger partial charge < -0.3 is 0 Å². The van der Waals surface area contributed by atoms with Crippen LogP contribution in [-0.2, 0) is 0 Å². The Morgan fingerprint density at radius 1 is 0.255 bits per heavy atom. The highest BCUT2D eigenvalue weighted by Gasteiger charge is 3.72. The molecule has 0 saturated heterocycles. The van der Waals surface area contributed by atoms with Gasteiger partial charge in [0.25, 0.3) is 0 Å². The summed E-state index contributed by atoms with van der Waals surface area (Å²) >= 11 is 0. The Kier molecular flexibility index (Phi) is 0.812. The van der Waals surface area contributed by atoms with Crippen molar-refractivity contribution in [3.8, 4) is 0 Å². The van der Waals surface area contributed by atoms with Crippen LogP contribution in [0.4, 0.5) is 0 Å². The summed E-state index contributed by atoms with van der Waals surface area (Å²) in [5, 5.41) is 0. The third kappa shape index (κ3) is 0.347. The quantitative estimate of drug-likeness (QED) is 0.368. The van der Waals surface area contributed by atoms with E-state index in [4.69, 9.17) is 0 Å². The molecule has 37 saturated carbocycles. The predicted molar refractivity (Wildman–Crippen MR) is 156 cm³/mol. The van der Waals surface area contributed by atoms with Gasteiger partial charge in [-0.25, -0.2) is 0 Å². The molecule has 37 aliphatic rings. The number of hydrogen-bond acceptors (Lipinski definition) is 0. The zero-order valence-electron chi connectivity index (χ0n) is 28.1. The minimum absolute atomic E-state index is 1.08. The Bertz CT molecular complexity index is 3430. The molecule has 0 amide bonds. The lowest BCUT2D eigenvalue weighted by Crippen LogP contribution is -3.69. The van der Waals surface area contributed by atoms with Gasteiger partial charge in [0.05, 0.1) is 0 Å². The molecule has 0 heteroatoms. The molecule has 0 bridgehead atoms. The number of fused-ring (bicyclic) bond motifs is 15. The molecule has 51 heavy (non-hydrogen) atoms. The van der Waals surface area contributed by atoms with Crippen molar-refractivity contribution in [3.05, 3.63) is 0 Å². The van der Waals surface area contributed by atoms with Crippen LogP contribution in [0.5, 0.6) is 0 Å². The van der Waals surface area contributed by atoms with Crippen LogP contribution in [0.2, 0.25) is 0 Å². The largest absolute Gasteiger partial charge is 0.0461 e. The van der Waals surface area contributed by atoms with E-state index < -0.39 is 0 Å². The molecule has 0 aromatic heterocycles. The molecular formula is C51H30. The molecule has 0 heterocycles. The van der Waals surface area contributed by atoms with Crippen molar-refractivity contribution in [3.63, 3.8) is 0 Å². The minimum atomic E-state index is 1.08. The smallest absolute Gasteiger partial charge is 0.000350 e. The molecule has 37 aliphatic carbocycles. The summed E-state index contributed by atoms with van der Waals surface area (Å²) in [7, 11) is 0. The Morgan fingerprint density at radius 2 is 0.608 bits per heavy atom. The molecule has 0 N–H and O–H groups in total. The average Bonchev–Trinajstić information content (AvgIpc) is 2.98. The van der Waals surface area contributed by atoms with Gasteiger partial charge in [-0.1, -0.05) is 0 Å². The van der Waals surface area contributed by atoms with Gasteiger partial charge in [0.15, 0.2) is 0 Å². The van der Waals surface area contributed by atoms with Crippen LogP contribution in [-0.4, -0.2) is 0 Å². The normalized spacial score (nSPS) is 143. The van der Waals surface area contributed by atoms with Crippen LogP contribution in [0.15, 0.2) is 0 Å². The molecular weight excluding hydrogens is 613 g/mol. The molecule has 37 rings (SSSR count). The minimum Gasteiger partial charge on any atom is -0.0461 e. The highest BCUT2D eigenvalue weighted by Crippen LogP contribution is 3.73. The Morgan fingerprint density at radius 3 is 1.16 bits per heavy atom. The van der Waals surface area contributed by atoms with E-state index in [1.807, 2.05) is 32.1 Å². The summed E-state index contributed by atoms with van der Waals surface area (Å²) in [5.41, 5.74) is 29.4. The van der Waals surface area contributed by atoms with Crippen molar-refractivity contribution in [1.29, 1.82) is 0 Å². The van der Waals surface area contributed by atoms with E-state index in [1.165, 1.54) is 118 Å².